The van der Waals surface area contributed by atoms with Gasteiger partial charge in [0.2, 0.25) is 5.91 Å². The topological polar surface area (TPSA) is 43.1 Å². The molecule has 0 saturated heterocycles. The molecule has 0 atom stereocenters. The first-order valence-corrected chi connectivity index (χ1v) is 6.81. The molecule has 0 radical (unpaired) electrons. The molecule has 0 spiro atoms. The quantitative estimate of drug-likeness (QED) is 0.872. The molecular formula is C13H17NOS. The Labute approximate surface area is 101 Å². The molecule has 16 heavy (non-hydrogen) atoms. The number of hydrogen-bond donors (Lipinski definition) is 1. The lowest BCUT2D eigenvalue weighted by Crippen LogP contribution is -2.10. The van der Waals surface area contributed by atoms with Gasteiger partial charge < -0.3 is 5.73 Å². The minimum absolute atomic E-state index is 0.340. The van der Waals surface area contributed by atoms with Gasteiger partial charge in [0.1, 0.15) is 0 Å². The van der Waals surface area contributed by atoms with Gasteiger partial charge >= 0.3 is 0 Å². The summed E-state index contributed by atoms with van der Waals surface area (Å²) in [4.78, 5) is 11.0. The van der Waals surface area contributed by atoms with Crippen LogP contribution in [0.15, 0.2) is 24.3 Å². The van der Waals surface area contributed by atoms with Crippen LogP contribution in [0.2, 0.25) is 0 Å². The maximum Gasteiger partial charge on any atom is 0.248 e. The summed E-state index contributed by atoms with van der Waals surface area (Å²) in [6.45, 7) is 0. The van der Waals surface area contributed by atoms with E-state index in [-0.39, 0.29) is 5.91 Å². The van der Waals surface area contributed by atoms with Crippen LogP contribution >= 0.6 is 11.8 Å². The molecule has 0 heterocycles. The van der Waals surface area contributed by atoms with Gasteiger partial charge in [-0.05, 0) is 30.5 Å². The van der Waals surface area contributed by atoms with Crippen LogP contribution in [0.25, 0.3) is 0 Å². The minimum atomic E-state index is -0.340. The molecule has 86 valence electrons. The van der Waals surface area contributed by atoms with E-state index in [0.29, 0.717) is 5.56 Å². The maximum absolute atomic E-state index is 11.0. The van der Waals surface area contributed by atoms with Gasteiger partial charge in [0.15, 0.2) is 0 Å². The molecule has 0 bridgehead atoms. The second-order valence-electron chi connectivity index (χ2n) is 4.28. The van der Waals surface area contributed by atoms with Crippen LogP contribution in [0.4, 0.5) is 0 Å². The molecule has 0 unspecified atom stereocenters. The number of rotatable bonds is 4. The van der Waals surface area contributed by atoms with Gasteiger partial charge in [0.25, 0.3) is 0 Å². The van der Waals surface area contributed by atoms with Gasteiger partial charge in [-0.1, -0.05) is 25.0 Å². The highest BCUT2D eigenvalue weighted by atomic mass is 32.2. The Bertz CT molecular complexity index is 372. The smallest absolute Gasteiger partial charge is 0.248 e. The summed E-state index contributed by atoms with van der Waals surface area (Å²) in [5.74, 6) is 0.652. The Morgan fingerprint density at radius 3 is 2.81 bits per heavy atom. The number of nitrogens with two attached hydrogens (primary N) is 1. The van der Waals surface area contributed by atoms with E-state index < -0.39 is 0 Å². The molecule has 2 N–H and O–H groups in total. The van der Waals surface area contributed by atoms with Gasteiger partial charge in [-0.15, -0.1) is 0 Å². The standard InChI is InChI=1S/C13H17NOS/c14-13(15)11-5-3-4-10(8-11)9-16-12-6-1-2-7-12/h3-5,8,12H,1-2,6-7,9H2,(H2,14,15). The second kappa shape index (κ2) is 5.39. The van der Waals surface area contributed by atoms with E-state index in [1.807, 2.05) is 23.9 Å². The largest absolute Gasteiger partial charge is 0.366 e. The lowest BCUT2D eigenvalue weighted by molar-refractivity contribution is 0.1000. The van der Waals surface area contributed by atoms with E-state index in [2.05, 4.69) is 6.07 Å². The average Bonchev–Trinajstić information content (AvgIpc) is 2.79. The number of hydrogen-bond acceptors (Lipinski definition) is 2. The monoisotopic (exact) mass is 235 g/mol. The number of carbonyl (C=O) groups is 1. The summed E-state index contributed by atoms with van der Waals surface area (Å²) in [7, 11) is 0. The van der Waals surface area contributed by atoms with Crippen molar-refractivity contribution in [3.63, 3.8) is 0 Å². The molecule has 0 aromatic heterocycles. The van der Waals surface area contributed by atoms with Gasteiger partial charge in [-0.3, -0.25) is 4.79 Å². The molecule has 2 nitrogen and oxygen atoms in total. The SMILES string of the molecule is NC(=O)c1cccc(CSC2CCCC2)c1. The van der Waals surface area contributed by atoms with Crippen molar-refractivity contribution in [2.75, 3.05) is 0 Å². The average molecular weight is 235 g/mol. The Balaban J connectivity index is 1.93. The number of benzene rings is 1. The summed E-state index contributed by atoms with van der Waals surface area (Å²) in [5.41, 5.74) is 7.07. The van der Waals surface area contributed by atoms with Crippen LogP contribution in [-0.2, 0) is 5.75 Å². The Kier molecular flexibility index (Phi) is 3.88. The molecule has 2 rings (SSSR count). The fourth-order valence-corrected chi connectivity index (χ4v) is 3.36. The summed E-state index contributed by atoms with van der Waals surface area (Å²) < 4.78 is 0. The second-order valence-corrected chi connectivity index (χ2v) is 5.57. The molecule has 1 fully saturated rings. The normalized spacial score (nSPS) is 16.5. The summed E-state index contributed by atoms with van der Waals surface area (Å²) in [6, 6.07) is 7.65. The van der Waals surface area contributed by atoms with Crippen molar-refractivity contribution in [3.8, 4) is 0 Å². The molecule has 1 aliphatic carbocycles. The van der Waals surface area contributed by atoms with Crippen molar-refractivity contribution in [2.45, 2.75) is 36.7 Å². The molecule has 1 aromatic rings. The molecule has 1 aliphatic rings. The maximum atomic E-state index is 11.0. The van der Waals surface area contributed by atoms with Crippen LogP contribution in [0, 0.1) is 0 Å². The van der Waals surface area contributed by atoms with E-state index >= 15 is 0 Å². The summed E-state index contributed by atoms with van der Waals surface area (Å²) in [5, 5.41) is 0.817. The highest BCUT2D eigenvalue weighted by molar-refractivity contribution is 7.99. The molecule has 1 saturated carbocycles. The Morgan fingerprint density at radius 1 is 1.38 bits per heavy atom. The third-order valence-electron chi connectivity index (χ3n) is 3.00. The molecule has 3 heteroatoms. The Hall–Kier alpha value is -0.960. The van der Waals surface area contributed by atoms with Gasteiger partial charge in [-0.25, -0.2) is 0 Å². The van der Waals surface area contributed by atoms with E-state index in [1.54, 1.807) is 6.07 Å². The number of thioether (sulfide) groups is 1. The highest BCUT2D eigenvalue weighted by Gasteiger charge is 2.15. The third kappa shape index (κ3) is 3.01. The van der Waals surface area contributed by atoms with Crippen LogP contribution in [-0.4, -0.2) is 11.2 Å². The van der Waals surface area contributed by atoms with Crippen LogP contribution in [0.3, 0.4) is 0 Å². The van der Waals surface area contributed by atoms with Crippen LogP contribution in [0.1, 0.15) is 41.6 Å². The van der Waals surface area contributed by atoms with Crippen molar-refractivity contribution in [1.29, 1.82) is 0 Å². The Morgan fingerprint density at radius 2 is 2.12 bits per heavy atom. The van der Waals surface area contributed by atoms with Crippen molar-refractivity contribution in [2.24, 2.45) is 5.73 Å². The van der Waals surface area contributed by atoms with Gasteiger partial charge in [-0.2, -0.15) is 11.8 Å². The first-order valence-electron chi connectivity index (χ1n) is 5.76. The summed E-state index contributed by atoms with van der Waals surface area (Å²) in [6.07, 6.45) is 5.44. The van der Waals surface area contributed by atoms with Crippen molar-refractivity contribution >= 4 is 17.7 Å². The molecule has 1 aromatic carbocycles. The lowest BCUT2D eigenvalue weighted by Gasteiger charge is -2.08. The fourth-order valence-electron chi connectivity index (χ4n) is 2.08. The van der Waals surface area contributed by atoms with Crippen molar-refractivity contribution < 1.29 is 4.79 Å². The van der Waals surface area contributed by atoms with E-state index in [0.717, 1.165) is 11.0 Å². The first kappa shape index (κ1) is 11.5. The van der Waals surface area contributed by atoms with Crippen LogP contribution in [0.5, 0.6) is 0 Å². The van der Waals surface area contributed by atoms with E-state index in [9.17, 15) is 4.79 Å². The zero-order chi connectivity index (χ0) is 11.4. The van der Waals surface area contributed by atoms with Gasteiger partial charge in [0.05, 0.1) is 0 Å². The molecular weight excluding hydrogens is 218 g/mol. The predicted octanol–water partition coefficient (Wildman–Crippen LogP) is 2.96. The van der Waals surface area contributed by atoms with E-state index in [4.69, 9.17) is 5.73 Å². The fraction of sp³-hybridized carbons (Fsp3) is 0.462. The van der Waals surface area contributed by atoms with Gasteiger partial charge in [0, 0.05) is 16.6 Å². The lowest BCUT2D eigenvalue weighted by atomic mass is 10.1. The minimum Gasteiger partial charge on any atom is -0.366 e. The highest BCUT2D eigenvalue weighted by Crippen LogP contribution is 2.31. The number of amides is 1. The molecule has 1 amide bonds. The van der Waals surface area contributed by atoms with E-state index in [1.165, 1.54) is 31.2 Å². The molecule has 0 aliphatic heterocycles. The number of primary amides is 1. The number of carbonyl (C=O) groups excluding carboxylic acids is 1. The first-order chi connectivity index (χ1) is 7.75. The predicted molar refractivity (Wildman–Crippen MR) is 68.5 cm³/mol. The van der Waals surface area contributed by atoms with Crippen LogP contribution < -0.4 is 5.73 Å². The van der Waals surface area contributed by atoms with Crippen molar-refractivity contribution in [3.05, 3.63) is 35.4 Å². The summed E-state index contributed by atoms with van der Waals surface area (Å²) >= 11 is 2.01. The zero-order valence-corrected chi connectivity index (χ0v) is 10.1. The third-order valence-corrected chi connectivity index (χ3v) is 4.44. The van der Waals surface area contributed by atoms with Crippen molar-refractivity contribution in [1.82, 2.24) is 0 Å². The zero-order valence-electron chi connectivity index (χ0n) is 9.32.